The Kier molecular flexibility index (Phi) is 4.99. The molecule has 1 aromatic carbocycles. The van der Waals surface area contributed by atoms with Gasteiger partial charge in [-0.1, -0.05) is 44.2 Å². The van der Waals surface area contributed by atoms with E-state index in [0.29, 0.717) is 6.42 Å². The van der Waals surface area contributed by atoms with Crippen molar-refractivity contribution < 1.29 is 4.79 Å². The van der Waals surface area contributed by atoms with E-state index in [-0.39, 0.29) is 11.9 Å². The minimum Gasteiger partial charge on any atom is -0.348 e. The smallest absolute Gasteiger partial charge is 0.237 e. The largest absolute Gasteiger partial charge is 0.348 e. The maximum absolute atomic E-state index is 11.7. The van der Waals surface area contributed by atoms with Crippen molar-refractivity contribution in [2.75, 3.05) is 0 Å². The van der Waals surface area contributed by atoms with Gasteiger partial charge in [-0.2, -0.15) is 0 Å². The van der Waals surface area contributed by atoms with Gasteiger partial charge in [0, 0.05) is 0 Å². The highest BCUT2D eigenvalue weighted by molar-refractivity contribution is 5.81. The van der Waals surface area contributed by atoms with Gasteiger partial charge in [-0.05, 0) is 18.4 Å². The predicted octanol–water partition coefficient (Wildman–Crippen LogP) is 1.99. The van der Waals surface area contributed by atoms with Gasteiger partial charge in [-0.3, -0.25) is 4.79 Å². The molecule has 3 heteroatoms. The van der Waals surface area contributed by atoms with Crippen LogP contribution in [0.25, 0.3) is 0 Å². The number of nitrogens with two attached hydrogens (primary N) is 1. The third-order valence-electron chi connectivity index (χ3n) is 2.70. The van der Waals surface area contributed by atoms with Crippen LogP contribution in [-0.4, -0.2) is 11.9 Å². The van der Waals surface area contributed by atoms with E-state index < -0.39 is 6.04 Å². The van der Waals surface area contributed by atoms with Gasteiger partial charge < -0.3 is 11.1 Å². The monoisotopic (exact) mass is 220 g/mol. The first kappa shape index (κ1) is 12.7. The van der Waals surface area contributed by atoms with Crippen LogP contribution in [-0.2, 0) is 4.79 Å². The predicted molar refractivity (Wildman–Crippen MR) is 65.9 cm³/mol. The van der Waals surface area contributed by atoms with Gasteiger partial charge in [0.2, 0.25) is 5.91 Å². The second-order valence-corrected chi connectivity index (χ2v) is 3.89. The third-order valence-corrected chi connectivity index (χ3v) is 2.70. The average Bonchev–Trinajstić information content (AvgIpc) is 2.35. The summed E-state index contributed by atoms with van der Waals surface area (Å²) >= 11 is 0. The first-order valence-corrected chi connectivity index (χ1v) is 5.79. The molecule has 0 saturated carbocycles. The number of nitrogens with one attached hydrogen (secondary N) is 1. The van der Waals surface area contributed by atoms with E-state index in [4.69, 9.17) is 5.73 Å². The van der Waals surface area contributed by atoms with E-state index in [2.05, 4.69) is 12.2 Å². The fraction of sp³-hybridized carbons (Fsp3) is 0.462. The van der Waals surface area contributed by atoms with Crippen molar-refractivity contribution in [3.63, 3.8) is 0 Å². The molecule has 2 atom stereocenters. The molecule has 0 fully saturated rings. The molecular formula is C13H20N2O. The molecule has 1 unspecified atom stereocenters. The number of carbonyl (C=O) groups excluding carboxylic acids is 1. The Bertz CT molecular complexity index is 324. The molecule has 16 heavy (non-hydrogen) atoms. The van der Waals surface area contributed by atoms with E-state index in [1.807, 2.05) is 37.3 Å². The second-order valence-electron chi connectivity index (χ2n) is 3.89. The van der Waals surface area contributed by atoms with Gasteiger partial charge in [0.1, 0.15) is 0 Å². The van der Waals surface area contributed by atoms with Crippen molar-refractivity contribution in [1.29, 1.82) is 0 Å². The minimum absolute atomic E-state index is 0.0614. The molecule has 0 spiro atoms. The van der Waals surface area contributed by atoms with E-state index in [9.17, 15) is 4.79 Å². The van der Waals surface area contributed by atoms with Gasteiger partial charge >= 0.3 is 0 Å². The zero-order valence-electron chi connectivity index (χ0n) is 9.94. The van der Waals surface area contributed by atoms with Crippen molar-refractivity contribution in [2.45, 2.75) is 38.8 Å². The van der Waals surface area contributed by atoms with Crippen molar-refractivity contribution in [1.82, 2.24) is 5.32 Å². The number of rotatable bonds is 5. The lowest BCUT2D eigenvalue weighted by molar-refractivity contribution is -0.123. The highest BCUT2D eigenvalue weighted by atomic mass is 16.2. The molecule has 0 bridgehead atoms. The Morgan fingerprint density at radius 2 is 1.88 bits per heavy atom. The van der Waals surface area contributed by atoms with Crippen LogP contribution in [0.1, 0.15) is 38.3 Å². The van der Waals surface area contributed by atoms with Gasteiger partial charge in [0.05, 0.1) is 12.1 Å². The number of hydrogen-bond donors (Lipinski definition) is 2. The van der Waals surface area contributed by atoms with Crippen molar-refractivity contribution in [2.24, 2.45) is 5.73 Å². The molecule has 0 aliphatic carbocycles. The van der Waals surface area contributed by atoms with Gasteiger partial charge in [0.15, 0.2) is 0 Å². The zero-order valence-corrected chi connectivity index (χ0v) is 9.94. The second kappa shape index (κ2) is 6.28. The van der Waals surface area contributed by atoms with Crippen LogP contribution >= 0.6 is 0 Å². The molecule has 3 nitrogen and oxygen atoms in total. The first-order valence-electron chi connectivity index (χ1n) is 5.79. The molecule has 0 saturated heterocycles. The van der Waals surface area contributed by atoms with E-state index in [0.717, 1.165) is 12.0 Å². The average molecular weight is 220 g/mol. The molecule has 0 radical (unpaired) electrons. The van der Waals surface area contributed by atoms with Gasteiger partial charge in [-0.25, -0.2) is 0 Å². The molecule has 0 aliphatic heterocycles. The summed E-state index contributed by atoms with van der Waals surface area (Å²) in [6.07, 6.45) is 1.53. The highest BCUT2D eigenvalue weighted by Gasteiger charge is 2.16. The molecule has 3 N–H and O–H groups in total. The van der Waals surface area contributed by atoms with Crippen molar-refractivity contribution >= 4 is 5.91 Å². The van der Waals surface area contributed by atoms with Gasteiger partial charge in [-0.15, -0.1) is 0 Å². The lowest BCUT2D eigenvalue weighted by atomic mass is 10.0. The molecule has 1 amide bonds. The van der Waals surface area contributed by atoms with Crippen LogP contribution in [0.5, 0.6) is 0 Å². The quantitative estimate of drug-likeness (QED) is 0.797. The molecular weight excluding hydrogens is 200 g/mol. The molecule has 1 aromatic rings. The van der Waals surface area contributed by atoms with Crippen LogP contribution in [0, 0.1) is 0 Å². The van der Waals surface area contributed by atoms with Crippen LogP contribution in [0.4, 0.5) is 0 Å². The maximum atomic E-state index is 11.7. The summed E-state index contributed by atoms with van der Waals surface area (Å²) in [5.41, 5.74) is 6.81. The van der Waals surface area contributed by atoms with Crippen molar-refractivity contribution in [3.05, 3.63) is 35.9 Å². The Hall–Kier alpha value is -1.35. The summed E-state index contributed by atoms with van der Waals surface area (Å²) in [4.78, 5) is 11.7. The molecule has 0 aromatic heterocycles. The SMILES string of the molecule is CCC(NC(=O)[C@H](N)CC)c1ccccc1. The molecule has 88 valence electrons. The first-order chi connectivity index (χ1) is 7.69. The van der Waals surface area contributed by atoms with E-state index in [1.165, 1.54) is 0 Å². The summed E-state index contributed by atoms with van der Waals surface area (Å²) < 4.78 is 0. The normalized spacial score (nSPS) is 14.2. The molecule has 0 heterocycles. The standard InChI is InChI=1S/C13H20N2O/c1-3-11(14)13(16)15-12(4-2)10-8-6-5-7-9-10/h5-9,11-12H,3-4,14H2,1-2H3,(H,15,16)/t11-,12?/m1/s1. The lowest BCUT2D eigenvalue weighted by Crippen LogP contribution is -2.41. The number of carbonyl (C=O) groups is 1. The van der Waals surface area contributed by atoms with E-state index in [1.54, 1.807) is 0 Å². The van der Waals surface area contributed by atoms with Crippen LogP contribution in [0.15, 0.2) is 30.3 Å². The fourth-order valence-corrected chi connectivity index (χ4v) is 1.57. The summed E-state index contributed by atoms with van der Waals surface area (Å²) in [5.74, 6) is -0.0711. The minimum atomic E-state index is -0.405. The zero-order chi connectivity index (χ0) is 12.0. The third kappa shape index (κ3) is 3.35. The summed E-state index contributed by atoms with van der Waals surface area (Å²) in [6.45, 7) is 3.96. The molecule has 0 aliphatic rings. The Morgan fingerprint density at radius 3 is 2.38 bits per heavy atom. The van der Waals surface area contributed by atoms with Crippen LogP contribution < -0.4 is 11.1 Å². The van der Waals surface area contributed by atoms with E-state index >= 15 is 0 Å². The van der Waals surface area contributed by atoms with Crippen molar-refractivity contribution in [3.8, 4) is 0 Å². The van der Waals surface area contributed by atoms with Gasteiger partial charge in [0.25, 0.3) is 0 Å². The maximum Gasteiger partial charge on any atom is 0.237 e. The highest BCUT2D eigenvalue weighted by Crippen LogP contribution is 2.15. The van der Waals surface area contributed by atoms with Crippen LogP contribution in [0.3, 0.4) is 0 Å². The molecule has 1 rings (SSSR count). The Balaban J connectivity index is 2.66. The summed E-state index contributed by atoms with van der Waals surface area (Å²) in [6, 6.07) is 9.62. The fourth-order valence-electron chi connectivity index (χ4n) is 1.57. The number of hydrogen-bond acceptors (Lipinski definition) is 2. The lowest BCUT2D eigenvalue weighted by Gasteiger charge is -2.19. The number of benzene rings is 1. The summed E-state index contributed by atoms with van der Waals surface area (Å²) in [5, 5.41) is 2.97. The summed E-state index contributed by atoms with van der Waals surface area (Å²) in [7, 11) is 0. The number of amides is 1. The van der Waals surface area contributed by atoms with Crippen LogP contribution in [0.2, 0.25) is 0 Å². The topological polar surface area (TPSA) is 55.1 Å². The Labute approximate surface area is 97.0 Å². The Morgan fingerprint density at radius 1 is 1.25 bits per heavy atom.